The molecular formula is C19H20FN5O. The molecule has 2 aromatic carbocycles. The zero-order valence-corrected chi connectivity index (χ0v) is 14.5. The number of aromatic nitrogens is 4. The molecule has 0 unspecified atom stereocenters. The van der Waals surface area contributed by atoms with E-state index in [1.54, 1.807) is 12.1 Å². The maximum Gasteiger partial charge on any atom is 0.243 e. The highest BCUT2D eigenvalue weighted by molar-refractivity contribution is 5.75. The first kappa shape index (κ1) is 17.7. The predicted molar refractivity (Wildman–Crippen MR) is 95.6 cm³/mol. The van der Waals surface area contributed by atoms with Gasteiger partial charge in [0.2, 0.25) is 11.7 Å². The molecule has 0 saturated heterocycles. The van der Waals surface area contributed by atoms with Crippen molar-refractivity contribution in [3.63, 3.8) is 0 Å². The number of rotatable bonds is 7. The van der Waals surface area contributed by atoms with Gasteiger partial charge in [-0.3, -0.25) is 4.79 Å². The summed E-state index contributed by atoms with van der Waals surface area (Å²) >= 11 is 0. The van der Waals surface area contributed by atoms with Crippen LogP contribution in [-0.4, -0.2) is 32.2 Å². The monoisotopic (exact) mass is 353 g/mol. The van der Waals surface area contributed by atoms with Crippen LogP contribution in [0, 0.1) is 5.82 Å². The predicted octanol–water partition coefficient (Wildman–Crippen LogP) is 2.62. The van der Waals surface area contributed by atoms with Crippen molar-refractivity contribution in [2.45, 2.75) is 32.4 Å². The first-order valence-corrected chi connectivity index (χ1v) is 8.47. The van der Waals surface area contributed by atoms with Crippen LogP contribution in [-0.2, 0) is 17.8 Å². The van der Waals surface area contributed by atoms with E-state index in [2.05, 4.69) is 32.9 Å². The van der Waals surface area contributed by atoms with Crippen LogP contribution in [0.5, 0.6) is 0 Å². The quantitative estimate of drug-likeness (QED) is 0.709. The fraction of sp³-hybridized carbons (Fsp3) is 0.263. The number of aryl methyl sites for hydroxylation is 1. The van der Waals surface area contributed by atoms with Gasteiger partial charge in [0.1, 0.15) is 12.4 Å². The van der Waals surface area contributed by atoms with Gasteiger partial charge in [0.25, 0.3) is 0 Å². The third kappa shape index (κ3) is 4.95. The summed E-state index contributed by atoms with van der Waals surface area (Å²) in [6, 6.07) is 16.0. The summed E-state index contributed by atoms with van der Waals surface area (Å²) in [5.41, 5.74) is 1.89. The summed E-state index contributed by atoms with van der Waals surface area (Å²) in [5.74, 6) is -0.145. The summed E-state index contributed by atoms with van der Waals surface area (Å²) < 4.78 is 13.0. The minimum absolute atomic E-state index is 0.0100. The van der Waals surface area contributed by atoms with E-state index >= 15 is 0 Å². The van der Waals surface area contributed by atoms with Gasteiger partial charge in [-0.2, -0.15) is 4.80 Å². The van der Waals surface area contributed by atoms with Gasteiger partial charge in [-0.05, 0) is 54.8 Å². The van der Waals surface area contributed by atoms with Gasteiger partial charge in [-0.25, -0.2) is 4.39 Å². The van der Waals surface area contributed by atoms with Crippen molar-refractivity contribution in [2.24, 2.45) is 0 Å². The van der Waals surface area contributed by atoms with Gasteiger partial charge in [0.15, 0.2) is 0 Å². The van der Waals surface area contributed by atoms with Crippen LogP contribution in [0.25, 0.3) is 11.4 Å². The molecule has 26 heavy (non-hydrogen) atoms. The Kier molecular flexibility index (Phi) is 5.68. The van der Waals surface area contributed by atoms with Gasteiger partial charge in [-0.1, -0.05) is 30.3 Å². The van der Waals surface area contributed by atoms with Crippen LogP contribution >= 0.6 is 0 Å². The largest absolute Gasteiger partial charge is 0.352 e. The minimum atomic E-state index is -0.329. The number of nitrogens with one attached hydrogen (secondary N) is 1. The van der Waals surface area contributed by atoms with Crippen LogP contribution in [0.4, 0.5) is 4.39 Å². The van der Waals surface area contributed by atoms with E-state index in [0.29, 0.717) is 11.4 Å². The Labute approximate surface area is 151 Å². The fourth-order valence-electron chi connectivity index (χ4n) is 2.57. The number of halogens is 1. The molecule has 0 aliphatic carbocycles. The van der Waals surface area contributed by atoms with E-state index in [4.69, 9.17) is 0 Å². The number of amides is 1. The molecule has 7 heteroatoms. The second-order valence-electron chi connectivity index (χ2n) is 6.14. The second-order valence-corrected chi connectivity index (χ2v) is 6.14. The number of nitrogens with zero attached hydrogens (tertiary/aromatic N) is 4. The maximum atomic E-state index is 13.0. The third-order valence-corrected chi connectivity index (χ3v) is 3.96. The molecule has 1 N–H and O–H groups in total. The lowest BCUT2D eigenvalue weighted by molar-refractivity contribution is -0.122. The molecule has 3 rings (SSSR count). The molecule has 0 spiro atoms. The maximum absolute atomic E-state index is 13.0. The van der Waals surface area contributed by atoms with Crippen LogP contribution in [0.2, 0.25) is 0 Å². The molecule has 1 aromatic heterocycles. The highest BCUT2D eigenvalue weighted by Crippen LogP contribution is 2.13. The van der Waals surface area contributed by atoms with Gasteiger partial charge < -0.3 is 5.32 Å². The molecule has 0 saturated carbocycles. The van der Waals surface area contributed by atoms with E-state index in [1.165, 1.54) is 22.5 Å². The molecule has 0 aliphatic rings. The number of hydrogen-bond acceptors (Lipinski definition) is 4. The molecule has 0 fully saturated rings. The van der Waals surface area contributed by atoms with Crippen LogP contribution in [0.15, 0.2) is 54.6 Å². The molecule has 0 bridgehead atoms. The summed E-state index contributed by atoms with van der Waals surface area (Å²) in [7, 11) is 0. The first-order chi connectivity index (χ1) is 12.6. The van der Waals surface area contributed by atoms with Crippen LogP contribution in [0.3, 0.4) is 0 Å². The van der Waals surface area contributed by atoms with Gasteiger partial charge in [0, 0.05) is 11.6 Å². The topological polar surface area (TPSA) is 72.7 Å². The average Bonchev–Trinajstić information content (AvgIpc) is 3.09. The van der Waals surface area contributed by atoms with Crippen molar-refractivity contribution in [3.8, 4) is 11.4 Å². The molecule has 1 atom stereocenters. The fourth-order valence-corrected chi connectivity index (χ4v) is 2.57. The summed E-state index contributed by atoms with van der Waals surface area (Å²) in [6.07, 6.45) is 1.75. The average molecular weight is 353 g/mol. The lowest BCUT2D eigenvalue weighted by atomic mass is 10.1. The standard InChI is InChI=1S/C19H20FN5O/c1-14(7-8-15-5-3-2-4-6-15)21-18(26)13-25-23-19(22-24-25)16-9-11-17(20)12-10-16/h2-6,9-12,14H,7-8,13H2,1H3,(H,21,26)/t14-/m0/s1. The van der Waals surface area contributed by atoms with E-state index in [9.17, 15) is 9.18 Å². The number of benzene rings is 2. The SMILES string of the molecule is C[C@@H](CCc1ccccc1)NC(=O)Cn1nnc(-c2ccc(F)cc2)n1. The summed E-state index contributed by atoms with van der Waals surface area (Å²) in [5, 5.41) is 14.9. The highest BCUT2D eigenvalue weighted by Gasteiger charge is 2.12. The van der Waals surface area contributed by atoms with Crippen molar-refractivity contribution < 1.29 is 9.18 Å². The molecule has 1 heterocycles. The number of tetrazole rings is 1. The second kappa shape index (κ2) is 8.33. The number of hydrogen-bond donors (Lipinski definition) is 1. The molecule has 134 valence electrons. The first-order valence-electron chi connectivity index (χ1n) is 8.47. The van der Waals surface area contributed by atoms with Gasteiger partial charge in [-0.15, -0.1) is 10.2 Å². The van der Waals surface area contributed by atoms with Gasteiger partial charge >= 0.3 is 0 Å². The van der Waals surface area contributed by atoms with Crippen molar-refractivity contribution in [1.29, 1.82) is 0 Å². The van der Waals surface area contributed by atoms with Gasteiger partial charge in [0.05, 0.1) is 0 Å². The Morgan fingerprint density at radius 3 is 2.62 bits per heavy atom. The van der Waals surface area contributed by atoms with Crippen LogP contribution < -0.4 is 5.32 Å². The van der Waals surface area contributed by atoms with Crippen molar-refractivity contribution >= 4 is 5.91 Å². The lowest BCUT2D eigenvalue weighted by Crippen LogP contribution is -2.35. The minimum Gasteiger partial charge on any atom is -0.352 e. The molecular weight excluding hydrogens is 333 g/mol. The number of carbonyl (C=O) groups is 1. The molecule has 6 nitrogen and oxygen atoms in total. The number of carbonyl (C=O) groups excluding carboxylic acids is 1. The normalized spacial score (nSPS) is 11.9. The summed E-state index contributed by atoms with van der Waals surface area (Å²) in [6.45, 7) is 1.96. The zero-order chi connectivity index (χ0) is 18.4. The smallest absolute Gasteiger partial charge is 0.243 e. The van der Waals surface area contributed by atoms with Crippen molar-refractivity contribution in [3.05, 3.63) is 66.0 Å². The van der Waals surface area contributed by atoms with Crippen molar-refractivity contribution in [1.82, 2.24) is 25.5 Å². The van der Waals surface area contributed by atoms with Crippen molar-refractivity contribution in [2.75, 3.05) is 0 Å². The summed E-state index contributed by atoms with van der Waals surface area (Å²) in [4.78, 5) is 13.4. The Hall–Kier alpha value is -3.09. The van der Waals surface area contributed by atoms with E-state index in [-0.39, 0.29) is 24.3 Å². The Balaban J connectivity index is 1.49. The zero-order valence-electron chi connectivity index (χ0n) is 14.5. The Morgan fingerprint density at radius 2 is 1.88 bits per heavy atom. The molecule has 0 radical (unpaired) electrons. The Morgan fingerprint density at radius 1 is 1.15 bits per heavy atom. The molecule has 0 aliphatic heterocycles. The van der Waals surface area contributed by atoms with Crippen LogP contribution in [0.1, 0.15) is 18.9 Å². The molecule has 1 amide bonds. The third-order valence-electron chi connectivity index (χ3n) is 3.96. The molecule has 3 aromatic rings. The highest BCUT2D eigenvalue weighted by atomic mass is 19.1. The van der Waals surface area contributed by atoms with E-state index in [1.807, 2.05) is 25.1 Å². The lowest BCUT2D eigenvalue weighted by Gasteiger charge is -2.13. The Bertz CT molecular complexity index is 848. The van der Waals surface area contributed by atoms with E-state index < -0.39 is 0 Å². The van der Waals surface area contributed by atoms with E-state index in [0.717, 1.165) is 12.8 Å².